The summed E-state index contributed by atoms with van der Waals surface area (Å²) in [6, 6.07) is 10.1. The van der Waals surface area contributed by atoms with Gasteiger partial charge in [-0.15, -0.1) is 0 Å². The van der Waals surface area contributed by atoms with E-state index in [1.165, 1.54) is 6.92 Å². The molecule has 1 N–H and O–H groups in total. The van der Waals surface area contributed by atoms with Crippen LogP contribution in [-0.2, 0) is 22.2 Å². The summed E-state index contributed by atoms with van der Waals surface area (Å²) in [6.07, 6.45) is -4.01. The van der Waals surface area contributed by atoms with E-state index in [1.54, 1.807) is 30.3 Å². The standard InChI is InChI=1S/C18H14F3N3O2/c1-11(25)24-14-5-2-12(3-6-14)8-17(26)15(9-22)16-7-4-13(10-23-16)18(19,20)21/h2-7,10,15H,8H2,1H3,(H,24,25). The van der Waals surface area contributed by atoms with Crippen molar-refractivity contribution in [1.82, 2.24) is 4.98 Å². The quantitative estimate of drug-likeness (QED) is 0.884. The number of carbonyl (C=O) groups excluding carboxylic acids is 2. The second kappa shape index (κ2) is 7.78. The Bertz CT molecular complexity index is 838. The maximum Gasteiger partial charge on any atom is 0.417 e. The summed E-state index contributed by atoms with van der Waals surface area (Å²) < 4.78 is 37.7. The fourth-order valence-corrected chi connectivity index (χ4v) is 2.26. The van der Waals surface area contributed by atoms with Gasteiger partial charge in [0.1, 0.15) is 5.92 Å². The molecule has 0 aliphatic rings. The molecule has 1 heterocycles. The van der Waals surface area contributed by atoms with Gasteiger partial charge in [0, 0.05) is 25.2 Å². The van der Waals surface area contributed by atoms with E-state index < -0.39 is 23.4 Å². The second-order valence-electron chi connectivity index (χ2n) is 5.55. The number of Topliss-reactive ketones (excluding diaryl/α,β-unsaturated/α-hetero) is 1. The molecule has 1 amide bonds. The lowest BCUT2D eigenvalue weighted by Crippen LogP contribution is -2.16. The lowest BCUT2D eigenvalue weighted by molar-refractivity contribution is -0.137. The zero-order valence-electron chi connectivity index (χ0n) is 13.7. The van der Waals surface area contributed by atoms with Crippen molar-refractivity contribution >= 4 is 17.4 Å². The van der Waals surface area contributed by atoms with Crippen LogP contribution in [0.5, 0.6) is 0 Å². The van der Waals surface area contributed by atoms with Gasteiger partial charge in [-0.2, -0.15) is 18.4 Å². The molecule has 2 aromatic rings. The van der Waals surface area contributed by atoms with Gasteiger partial charge in [0.15, 0.2) is 5.78 Å². The van der Waals surface area contributed by atoms with Crippen molar-refractivity contribution in [3.8, 4) is 6.07 Å². The molecular formula is C18H14F3N3O2. The fraction of sp³-hybridized carbons (Fsp3) is 0.222. The summed E-state index contributed by atoms with van der Waals surface area (Å²) >= 11 is 0. The van der Waals surface area contributed by atoms with Gasteiger partial charge in [0.2, 0.25) is 5.91 Å². The summed E-state index contributed by atoms with van der Waals surface area (Å²) in [5.41, 5.74) is 0.200. The van der Waals surface area contributed by atoms with Gasteiger partial charge in [-0.05, 0) is 29.8 Å². The third-order valence-electron chi connectivity index (χ3n) is 3.51. The SMILES string of the molecule is CC(=O)Nc1ccc(CC(=O)C(C#N)c2ccc(C(F)(F)F)cn2)cc1. The van der Waals surface area contributed by atoms with Crippen LogP contribution < -0.4 is 5.32 Å². The van der Waals surface area contributed by atoms with E-state index in [-0.39, 0.29) is 18.0 Å². The molecule has 0 radical (unpaired) electrons. The average molecular weight is 361 g/mol. The van der Waals surface area contributed by atoms with Gasteiger partial charge in [0.25, 0.3) is 0 Å². The van der Waals surface area contributed by atoms with E-state index in [1.807, 2.05) is 0 Å². The minimum absolute atomic E-state index is 0.0274. The van der Waals surface area contributed by atoms with Crippen molar-refractivity contribution in [1.29, 1.82) is 5.26 Å². The van der Waals surface area contributed by atoms with Crippen LogP contribution in [0.25, 0.3) is 0 Å². The number of ketones is 1. The first-order valence-corrected chi connectivity index (χ1v) is 7.52. The predicted octanol–water partition coefficient (Wildman–Crippen LogP) is 3.48. The molecule has 0 saturated carbocycles. The number of nitrogens with one attached hydrogen (secondary N) is 1. The fourth-order valence-electron chi connectivity index (χ4n) is 2.26. The topological polar surface area (TPSA) is 82.9 Å². The Kier molecular flexibility index (Phi) is 5.72. The minimum atomic E-state index is -4.53. The van der Waals surface area contributed by atoms with E-state index in [2.05, 4.69) is 10.3 Å². The van der Waals surface area contributed by atoms with Crippen LogP contribution in [-0.4, -0.2) is 16.7 Å². The molecule has 0 fully saturated rings. The van der Waals surface area contributed by atoms with Gasteiger partial charge in [0.05, 0.1) is 17.3 Å². The molecule has 1 unspecified atom stereocenters. The van der Waals surface area contributed by atoms with E-state index in [9.17, 15) is 28.0 Å². The maximum atomic E-state index is 12.6. The number of carbonyl (C=O) groups is 2. The Morgan fingerprint density at radius 1 is 1.19 bits per heavy atom. The van der Waals surface area contributed by atoms with Gasteiger partial charge in [-0.3, -0.25) is 14.6 Å². The first-order valence-electron chi connectivity index (χ1n) is 7.52. The van der Waals surface area contributed by atoms with E-state index in [0.717, 1.165) is 12.1 Å². The monoisotopic (exact) mass is 361 g/mol. The van der Waals surface area contributed by atoms with Crippen LogP contribution in [0.1, 0.15) is 29.7 Å². The van der Waals surface area contributed by atoms with Crippen molar-refractivity contribution < 1.29 is 22.8 Å². The number of aromatic nitrogens is 1. The van der Waals surface area contributed by atoms with Crippen molar-refractivity contribution in [2.45, 2.75) is 25.4 Å². The number of hydrogen-bond donors (Lipinski definition) is 1. The molecule has 0 bridgehead atoms. The second-order valence-corrected chi connectivity index (χ2v) is 5.55. The molecular weight excluding hydrogens is 347 g/mol. The Labute approximate surface area is 147 Å². The number of halogens is 3. The molecule has 0 saturated heterocycles. The molecule has 0 spiro atoms. The number of pyridine rings is 1. The minimum Gasteiger partial charge on any atom is -0.326 e. The largest absolute Gasteiger partial charge is 0.417 e. The third kappa shape index (κ3) is 4.89. The maximum absolute atomic E-state index is 12.6. The molecule has 1 aromatic heterocycles. The highest BCUT2D eigenvalue weighted by atomic mass is 19.4. The number of benzene rings is 1. The summed E-state index contributed by atoms with van der Waals surface area (Å²) in [5, 5.41) is 11.8. The molecule has 134 valence electrons. The highest BCUT2D eigenvalue weighted by molar-refractivity contribution is 5.90. The number of anilines is 1. The van der Waals surface area contributed by atoms with Gasteiger partial charge in [-0.1, -0.05) is 12.1 Å². The Balaban J connectivity index is 2.11. The van der Waals surface area contributed by atoms with Gasteiger partial charge in [-0.25, -0.2) is 0 Å². The molecule has 5 nitrogen and oxygen atoms in total. The molecule has 8 heteroatoms. The number of alkyl halides is 3. The first kappa shape index (κ1) is 19.1. The molecule has 2 rings (SSSR count). The number of rotatable bonds is 5. The summed E-state index contributed by atoms with van der Waals surface area (Å²) in [5.74, 6) is -1.97. The van der Waals surface area contributed by atoms with Crippen LogP contribution in [0.3, 0.4) is 0 Å². The molecule has 1 aromatic carbocycles. The summed E-state index contributed by atoms with van der Waals surface area (Å²) in [6.45, 7) is 1.37. The van der Waals surface area contributed by atoms with Crippen molar-refractivity contribution in [3.05, 3.63) is 59.4 Å². The number of amides is 1. The third-order valence-corrected chi connectivity index (χ3v) is 3.51. The molecule has 0 aliphatic heterocycles. The van der Waals surface area contributed by atoms with Crippen molar-refractivity contribution in [2.75, 3.05) is 5.32 Å². The first-order chi connectivity index (χ1) is 12.2. The zero-order chi connectivity index (χ0) is 19.3. The summed E-state index contributed by atoms with van der Waals surface area (Å²) in [4.78, 5) is 26.9. The summed E-state index contributed by atoms with van der Waals surface area (Å²) in [7, 11) is 0. The van der Waals surface area contributed by atoms with Crippen LogP contribution >= 0.6 is 0 Å². The lowest BCUT2D eigenvalue weighted by Gasteiger charge is -2.10. The molecule has 1 atom stereocenters. The number of hydrogen-bond acceptors (Lipinski definition) is 4. The molecule has 26 heavy (non-hydrogen) atoms. The van der Waals surface area contributed by atoms with Crippen molar-refractivity contribution in [3.63, 3.8) is 0 Å². The Hall–Kier alpha value is -3.21. The smallest absolute Gasteiger partial charge is 0.326 e. The zero-order valence-corrected chi connectivity index (χ0v) is 13.7. The Morgan fingerprint density at radius 2 is 1.85 bits per heavy atom. The van der Waals surface area contributed by atoms with E-state index in [0.29, 0.717) is 17.4 Å². The van der Waals surface area contributed by atoms with Gasteiger partial charge >= 0.3 is 6.18 Å². The van der Waals surface area contributed by atoms with Crippen LogP contribution in [0, 0.1) is 11.3 Å². The molecule has 0 aliphatic carbocycles. The van der Waals surface area contributed by atoms with Crippen LogP contribution in [0.15, 0.2) is 42.6 Å². The Morgan fingerprint density at radius 3 is 2.31 bits per heavy atom. The van der Waals surface area contributed by atoms with E-state index >= 15 is 0 Å². The van der Waals surface area contributed by atoms with Gasteiger partial charge < -0.3 is 5.32 Å². The average Bonchev–Trinajstić information content (AvgIpc) is 2.56. The predicted molar refractivity (Wildman–Crippen MR) is 87.0 cm³/mol. The highest BCUT2D eigenvalue weighted by Gasteiger charge is 2.31. The number of nitrogens with zero attached hydrogens (tertiary/aromatic N) is 2. The number of nitriles is 1. The lowest BCUT2D eigenvalue weighted by atomic mass is 9.95. The van der Waals surface area contributed by atoms with Crippen LogP contribution in [0.4, 0.5) is 18.9 Å². The highest BCUT2D eigenvalue weighted by Crippen LogP contribution is 2.29. The van der Waals surface area contributed by atoms with Crippen molar-refractivity contribution in [2.24, 2.45) is 0 Å². The van der Waals surface area contributed by atoms with E-state index in [4.69, 9.17) is 0 Å². The van der Waals surface area contributed by atoms with Crippen LogP contribution in [0.2, 0.25) is 0 Å². The normalized spacial score (nSPS) is 12.1.